The molecule has 0 aliphatic heterocycles. The van der Waals surface area contributed by atoms with E-state index in [-0.39, 0.29) is 24.5 Å². The second-order valence-corrected chi connectivity index (χ2v) is 3.90. The van der Waals surface area contributed by atoms with Crippen molar-refractivity contribution in [2.75, 3.05) is 0 Å². The van der Waals surface area contributed by atoms with Crippen LogP contribution in [0.15, 0.2) is 0 Å². The van der Waals surface area contributed by atoms with Crippen molar-refractivity contribution in [1.82, 2.24) is 0 Å². The van der Waals surface area contributed by atoms with Crippen molar-refractivity contribution in [1.29, 1.82) is 0 Å². The van der Waals surface area contributed by atoms with E-state index in [0.717, 1.165) is 0 Å². The van der Waals surface area contributed by atoms with Crippen LogP contribution in [-0.2, 0) is 4.79 Å². The van der Waals surface area contributed by atoms with Crippen LogP contribution < -0.4 is 0 Å². The van der Waals surface area contributed by atoms with Gasteiger partial charge >= 0.3 is 0 Å². The molecule has 15 heavy (non-hydrogen) atoms. The third-order valence-electron chi connectivity index (χ3n) is 2.75. The second-order valence-electron chi connectivity index (χ2n) is 3.90. The van der Waals surface area contributed by atoms with Crippen LogP contribution >= 0.6 is 0 Å². The maximum atomic E-state index is 12.7. The summed E-state index contributed by atoms with van der Waals surface area (Å²) in [5.41, 5.74) is 0. The third kappa shape index (κ3) is 5.85. The first-order valence-corrected chi connectivity index (χ1v) is 5.93. The predicted molar refractivity (Wildman–Crippen MR) is 58.2 cm³/mol. The van der Waals surface area contributed by atoms with Crippen molar-refractivity contribution < 1.29 is 13.6 Å². The fraction of sp³-hybridized carbons (Fsp3) is 0.917. The van der Waals surface area contributed by atoms with Gasteiger partial charge in [-0.1, -0.05) is 20.8 Å². The summed E-state index contributed by atoms with van der Waals surface area (Å²) < 4.78 is 25.4. The molecule has 1 rings (SSSR count). The van der Waals surface area contributed by atoms with Gasteiger partial charge in [-0.2, -0.15) is 0 Å². The highest BCUT2D eigenvalue weighted by Crippen LogP contribution is 2.37. The fourth-order valence-electron chi connectivity index (χ4n) is 1.77. The maximum absolute atomic E-state index is 12.7. The van der Waals surface area contributed by atoms with Crippen molar-refractivity contribution in [3.05, 3.63) is 0 Å². The molecule has 1 nitrogen and oxygen atoms in total. The monoisotopic (exact) mass is 220 g/mol. The van der Waals surface area contributed by atoms with Gasteiger partial charge in [0.2, 0.25) is 5.92 Å². The lowest BCUT2D eigenvalue weighted by Gasteiger charge is -2.27. The molecule has 1 aliphatic carbocycles. The number of carbonyl (C=O) groups excluding carboxylic acids is 1. The minimum atomic E-state index is -2.47. The SMILES string of the molecule is CC.CCC(=O)CC1CCC(F)(F)CC1. The molecule has 0 atom stereocenters. The molecule has 0 saturated heterocycles. The van der Waals surface area contributed by atoms with E-state index in [1.807, 2.05) is 20.8 Å². The summed E-state index contributed by atoms with van der Waals surface area (Å²) >= 11 is 0. The summed E-state index contributed by atoms with van der Waals surface area (Å²) in [6, 6.07) is 0. The fourth-order valence-corrected chi connectivity index (χ4v) is 1.77. The van der Waals surface area contributed by atoms with E-state index in [9.17, 15) is 13.6 Å². The van der Waals surface area contributed by atoms with Crippen molar-refractivity contribution in [2.45, 2.75) is 65.2 Å². The van der Waals surface area contributed by atoms with Gasteiger partial charge in [-0.05, 0) is 18.8 Å². The molecule has 0 bridgehead atoms. The number of hydrogen-bond acceptors (Lipinski definition) is 1. The van der Waals surface area contributed by atoms with E-state index >= 15 is 0 Å². The van der Waals surface area contributed by atoms with Gasteiger partial charge in [-0.25, -0.2) is 8.78 Å². The Kier molecular flexibility index (Phi) is 6.70. The van der Waals surface area contributed by atoms with Gasteiger partial charge in [0.1, 0.15) is 5.78 Å². The Morgan fingerprint density at radius 3 is 2.13 bits per heavy atom. The molecule has 1 aliphatic rings. The normalized spacial score (nSPS) is 20.3. The highest BCUT2D eigenvalue weighted by atomic mass is 19.3. The molecule has 0 amide bonds. The molecule has 0 unspecified atom stereocenters. The van der Waals surface area contributed by atoms with Gasteiger partial charge in [-0.3, -0.25) is 4.79 Å². The Morgan fingerprint density at radius 1 is 1.27 bits per heavy atom. The Bertz CT molecular complexity index is 180. The number of hydrogen-bond donors (Lipinski definition) is 0. The van der Waals surface area contributed by atoms with Crippen LogP contribution in [-0.4, -0.2) is 11.7 Å². The van der Waals surface area contributed by atoms with Crippen LogP contribution in [0.25, 0.3) is 0 Å². The number of alkyl halides is 2. The summed E-state index contributed by atoms with van der Waals surface area (Å²) in [6.07, 6.45) is 2.00. The lowest BCUT2D eigenvalue weighted by atomic mass is 9.83. The molecular weight excluding hydrogens is 198 g/mol. The Labute approximate surface area is 91.2 Å². The number of ketones is 1. The van der Waals surface area contributed by atoms with Gasteiger partial charge in [0.05, 0.1) is 0 Å². The minimum absolute atomic E-state index is 0.0331. The molecule has 0 heterocycles. The summed E-state index contributed by atoms with van der Waals surface area (Å²) in [5, 5.41) is 0. The Hall–Kier alpha value is -0.470. The van der Waals surface area contributed by atoms with Crippen molar-refractivity contribution in [2.24, 2.45) is 5.92 Å². The first-order chi connectivity index (χ1) is 7.03. The van der Waals surface area contributed by atoms with Crippen LogP contribution in [0, 0.1) is 5.92 Å². The van der Waals surface area contributed by atoms with E-state index in [1.165, 1.54) is 0 Å². The van der Waals surface area contributed by atoms with E-state index < -0.39 is 5.92 Å². The molecule has 0 aromatic rings. The average Bonchev–Trinajstić information content (AvgIpc) is 2.24. The van der Waals surface area contributed by atoms with Crippen molar-refractivity contribution >= 4 is 5.78 Å². The smallest absolute Gasteiger partial charge is 0.248 e. The molecule has 0 aromatic heterocycles. The third-order valence-corrected chi connectivity index (χ3v) is 2.75. The van der Waals surface area contributed by atoms with Crippen LogP contribution in [0.4, 0.5) is 8.78 Å². The molecule has 0 N–H and O–H groups in total. The number of halogens is 2. The van der Waals surface area contributed by atoms with E-state index in [1.54, 1.807) is 0 Å². The van der Waals surface area contributed by atoms with Crippen molar-refractivity contribution in [3.8, 4) is 0 Å². The quantitative estimate of drug-likeness (QED) is 0.696. The first kappa shape index (κ1) is 14.5. The van der Waals surface area contributed by atoms with E-state index in [4.69, 9.17) is 0 Å². The zero-order valence-corrected chi connectivity index (χ0v) is 9.98. The van der Waals surface area contributed by atoms with Gasteiger partial charge in [0, 0.05) is 25.7 Å². The molecule has 0 radical (unpaired) electrons. The number of carbonyl (C=O) groups is 1. The molecule has 3 heteroatoms. The number of rotatable bonds is 3. The van der Waals surface area contributed by atoms with Crippen LogP contribution in [0.2, 0.25) is 0 Å². The highest BCUT2D eigenvalue weighted by Gasteiger charge is 2.35. The maximum Gasteiger partial charge on any atom is 0.248 e. The van der Waals surface area contributed by atoms with E-state index in [2.05, 4.69) is 0 Å². The molecule has 1 saturated carbocycles. The van der Waals surface area contributed by atoms with Gasteiger partial charge < -0.3 is 0 Å². The lowest BCUT2D eigenvalue weighted by molar-refractivity contribution is -0.121. The van der Waals surface area contributed by atoms with Crippen LogP contribution in [0.3, 0.4) is 0 Å². The molecule has 1 fully saturated rings. The Morgan fingerprint density at radius 2 is 1.73 bits per heavy atom. The Balaban J connectivity index is 0.000000921. The molecule has 0 spiro atoms. The molecule has 90 valence electrons. The van der Waals surface area contributed by atoms with Crippen LogP contribution in [0.5, 0.6) is 0 Å². The standard InChI is InChI=1S/C10H16F2O.C2H6/c1-2-9(13)7-8-3-5-10(11,12)6-4-8;1-2/h8H,2-7H2,1H3;1-2H3. The van der Waals surface area contributed by atoms with Gasteiger partial charge in [0.25, 0.3) is 0 Å². The summed E-state index contributed by atoms with van der Waals surface area (Å²) in [4.78, 5) is 11.1. The largest absolute Gasteiger partial charge is 0.300 e. The zero-order chi connectivity index (χ0) is 11.9. The van der Waals surface area contributed by atoms with E-state index in [0.29, 0.717) is 25.7 Å². The lowest BCUT2D eigenvalue weighted by Crippen LogP contribution is -2.25. The van der Waals surface area contributed by atoms with Gasteiger partial charge in [0.15, 0.2) is 0 Å². The second kappa shape index (κ2) is 6.91. The summed E-state index contributed by atoms with van der Waals surface area (Å²) in [5.74, 6) is -2.05. The molecular formula is C12H22F2O. The topological polar surface area (TPSA) is 17.1 Å². The first-order valence-electron chi connectivity index (χ1n) is 5.93. The average molecular weight is 220 g/mol. The predicted octanol–water partition coefficient (Wildman–Crippen LogP) is 4.21. The van der Waals surface area contributed by atoms with Gasteiger partial charge in [-0.15, -0.1) is 0 Å². The highest BCUT2D eigenvalue weighted by molar-refractivity contribution is 5.78. The van der Waals surface area contributed by atoms with Crippen LogP contribution in [0.1, 0.15) is 59.3 Å². The summed E-state index contributed by atoms with van der Waals surface area (Å²) in [7, 11) is 0. The minimum Gasteiger partial charge on any atom is -0.300 e. The summed E-state index contributed by atoms with van der Waals surface area (Å²) in [6.45, 7) is 5.82. The number of Topliss-reactive ketones (excluding diaryl/α,β-unsaturated/α-hetero) is 1. The van der Waals surface area contributed by atoms with Crippen molar-refractivity contribution in [3.63, 3.8) is 0 Å². The molecule has 0 aromatic carbocycles. The zero-order valence-electron chi connectivity index (χ0n) is 9.98.